The molecule has 1 aromatic heterocycles. The quantitative estimate of drug-likeness (QED) is 0.900. The molecule has 2 aliphatic heterocycles. The first-order valence-electron chi connectivity index (χ1n) is 9.57. The van der Waals surface area contributed by atoms with Crippen LogP contribution in [-0.4, -0.2) is 46.0 Å². The molecule has 25 heavy (non-hydrogen) atoms. The van der Waals surface area contributed by atoms with Crippen molar-refractivity contribution in [1.82, 2.24) is 19.8 Å². The molecule has 2 fully saturated rings. The van der Waals surface area contributed by atoms with Crippen LogP contribution < -0.4 is 10.9 Å². The molecule has 1 unspecified atom stereocenters. The zero-order valence-corrected chi connectivity index (χ0v) is 15.5. The van der Waals surface area contributed by atoms with Crippen LogP contribution in [0.3, 0.4) is 0 Å². The molecule has 3 rings (SSSR count). The molecule has 0 saturated carbocycles. The highest BCUT2D eigenvalue weighted by Gasteiger charge is 2.24. The van der Waals surface area contributed by atoms with Crippen LogP contribution >= 0.6 is 0 Å². The van der Waals surface area contributed by atoms with E-state index in [0.29, 0.717) is 18.4 Å². The summed E-state index contributed by atoms with van der Waals surface area (Å²) in [6, 6.07) is 0.304. The van der Waals surface area contributed by atoms with E-state index in [1.54, 1.807) is 10.9 Å². The normalized spacial score (nSPS) is 23.3. The number of carbonyl (C=O) groups is 1. The molecular weight excluding hydrogens is 316 g/mol. The maximum atomic E-state index is 12.3. The Balaban J connectivity index is 1.49. The lowest BCUT2D eigenvalue weighted by Crippen LogP contribution is -2.46. The van der Waals surface area contributed by atoms with Crippen LogP contribution in [0.1, 0.15) is 49.8 Å². The van der Waals surface area contributed by atoms with E-state index in [0.717, 1.165) is 69.5 Å². The van der Waals surface area contributed by atoms with Crippen LogP contribution in [-0.2, 0) is 11.3 Å². The summed E-state index contributed by atoms with van der Waals surface area (Å²) < 4.78 is 1.77. The fourth-order valence-corrected chi connectivity index (χ4v) is 3.93. The van der Waals surface area contributed by atoms with E-state index in [9.17, 15) is 9.59 Å². The van der Waals surface area contributed by atoms with Gasteiger partial charge in [-0.2, -0.15) is 0 Å². The first kappa shape index (κ1) is 18.1. The van der Waals surface area contributed by atoms with Gasteiger partial charge in [0.1, 0.15) is 0 Å². The van der Waals surface area contributed by atoms with Crippen molar-refractivity contribution in [2.45, 2.75) is 65.0 Å². The van der Waals surface area contributed by atoms with Crippen molar-refractivity contribution in [3.8, 4) is 0 Å². The molecule has 6 heteroatoms. The molecule has 0 bridgehead atoms. The smallest absolute Gasteiger partial charge is 0.256 e. The summed E-state index contributed by atoms with van der Waals surface area (Å²) in [5.41, 5.74) is 1.67. The topological polar surface area (TPSA) is 67.2 Å². The summed E-state index contributed by atoms with van der Waals surface area (Å²) in [7, 11) is 0. The van der Waals surface area contributed by atoms with Gasteiger partial charge in [-0.1, -0.05) is 6.42 Å². The number of nitrogens with one attached hydrogen (secondary N) is 1. The number of hydrogen-bond donors (Lipinski definition) is 1. The standard InChI is InChI=1S/C19H30N4O2/c1-14-15(2)20-13-23(19(14)25)11-16-7-9-22(10-8-16)12-17-5-3-4-6-18(24)21-17/h13,16-17H,3-12H2,1-2H3,(H,21,24). The summed E-state index contributed by atoms with van der Waals surface area (Å²) in [5, 5.41) is 3.16. The Labute approximate surface area is 149 Å². The molecule has 6 nitrogen and oxygen atoms in total. The van der Waals surface area contributed by atoms with Gasteiger partial charge in [-0.25, -0.2) is 4.98 Å². The van der Waals surface area contributed by atoms with Crippen molar-refractivity contribution in [3.63, 3.8) is 0 Å². The molecule has 3 heterocycles. The second-order valence-corrected chi connectivity index (χ2v) is 7.67. The number of aromatic nitrogens is 2. The third-order valence-electron chi connectivity index (χ3n) is 5.73. The van der Waals surface area contributed by atoms with Crippen molar-refractivity contribution in [1.29, 1.82) is 0 Å². The molecule has 1 aromatic rings. The minimum absolute atomic E-state index is 0.0936. The second kappa shape index (κ2) is 8.13. The Kier molecular flexibility index (Phi) is 5.89. The fourth-order valence-electron chi connectivity index (χ4n) is 3.93. The van der Waals surface area contributed by atoms with E-state index in [-0.39, 0.29) is 11.5 Å². The zero-order valence-electron chi connectivity index (χ0n) is 15.5. The predicted molar refractivity (Wildman–Crippen MR) is 97.5 cm³/mol. The Hall–Kier alpha value is -1.69. The highest BCUT2D eigenvalue weighted by Crippen LogP contribution is 2.20. The van der Waals surface area contributed by atoms with Crippen molar-refractivity contribution >= 4 is 5.91 Å². The number of nitrogens with zero attached hydrogens (tertiary/aromatic N) is 3. The predicted octanol–water partition coefficient (Wildman–Crippen LogP) is 1.63. The molecule has 2 aliphatic rings. The lowest BCUT2D eigenvalue weighted by Gasteiger charge is -2.34. The summed E-state index contributed by atoms with van der Waals surface area (Å²) in [6.07, 6.45) is 7.82. The van der Waals surface area contributed by atoms with Crippen LogP contribution in [0.15, 0.2) is 11.1 Å². The molecule has 1 N–H and O–H groups in total. The van der Waals surface area contributed by atoms with Gasteiger partial charge in [0.05, 0.1) is 6.33 Å². The lowest BCUT2D eigenvalue weighted by atomic mass is 9.96. The highest BCUT2D eigenvalue weighted by atomic mass is 16.1. The lowest BCUT2D eigenvalue weighted by molar-refractivity contribution is -0.121. The van der Waals surface area contributed by atoms with Gasteiger partial charge in [-0.05, 0) is 58.5 Å². The van der Waals surface area contributed by atoms with Gasteiger partial charge in [0.15, 0.2) is 0 Å². The van der Waals surface area contributed by atoms with Crippen LogP contribution in [0.2, 0.25) is 0 Å². The molecule has 2 saturated heterocycles. The summed E-state index contributed by atoms with van der Waals surface area (Å²) in [4.78, 5) is 30.8. The number of aryl methyl sites for hydroxylation is 1. The summed E-state index contributed by atoms with van der Waals surface area (Å²) in [6.45, 7) is 7.55. The monoisotopic (exact) mass is 346 g/mol. The number of likely N-dealkylation sites (tertiary alicyclic amines) is 1. The van der Waals surface area contributed by atoms with Gasteiger partial charge in [0, 0.05) is 36.8 Å². The number of amides is 1. The Bertz CT molecular complexity index is 662. The minimum Gasteiger partial charge on any atom is -0.352 e. The number of piperidine rings is 1. The van der Waals surface area contributed by atoms with E-state index in [1.807, 2.05) is 13.8 Å². The molecule has 0 aliphatic carbocycles. The SMILES string of the molecule is Cc1ncn(CC2CCN(CC3CCCCC(=O)N3)CC2)c(=O)c1C. The molecular formula is C19H30N4O2. The molecule has 0 aromatic carbocycles. The van der Waals surface area contributed by atoms with Crippen LogP contribution in [0.5, 0.6) is 0 Å². The third kappa shape index (κ3) is 4.69. The maximum Gasteiger partial charge on any atom is 0.256 e. The highest BCUT2D eigenvalue weighted by molar-refractivity contribution is 5.76. The van der Waals surface area contributed by atoms with Gasteiger partial charge >= 0.3 is 0 Å². The summed E-state index contributed by atoms with van der Waals surface area (Å²) >= 11 is 0. The van der Waals surface area contributed by atoms with Gasteiger partial charge < -0.3 is 10.2 Å². The average Bonchev–Trinajstić information content (AvgIpc) is 2.81. The number of hydrogen-bond acceptors (Lipinski definition) is 4. The van der Waals surface area contributed by atoms with Gasteiger partial charge in [0.25, 0.3) is 5.56 Å². The van der Waals surface area contributed by atoms with E-state index in [1.165, 1.54) is 0 Å². The third-order valence-corrected chi connectivity index (χ3v) is 5.73. The van der Waals surface area contributed by atoms with Crippen molar-refractivity contribution in [2.75, 3.05) is 19.6 Å². The van der Waals surface area contributed by atoms with E-state index >= 15 is 0 Å². The zero-order chi connectivity index (χ0) is 17.8. The molecule has 1 amide bonds. The van der Waals surface area contributed by atoms with Crippen LogP contribution in [0.4, 0.5) is 0 Å². The molecule has 0 radical (unpaired) electrons. The fraction of sp³-hybridized carbons (Fsp3) is 0.737. The maximum absolute atomic E-state index is 12.3. The Morgan fingerprint density at radius 1 is 1.12 bits per heavy atom. The average molecular weight is 346 g/mol. The van der Waals surface area contributed by atoms with Crippen molar-refractivity contribution in [3.05, 3.63) is 27.9 Å². The van der Waals surface area contributed by atoms with Gasteiger partial charge in [-0.3, -0.25) is 14.2 Å². The molecule has 1 atom stereocenters. The van der Waals surface area contributed by atoms with Crippen molar-refractivity contribution in [2.24, 2.45) is 5.92 Å². The largest absolute Gasteiger partial charge is 0.352 e. The Morgan fingerprint density at radius 2 is 1.88 bits per heavy atom. The van der Waals surface area contributed by atoms with Crippen LogP contribution in [0.25, 0.3) is 0 Å². The first-order chi connectivity index (χ1) is 12.0. The van der Waals surface area contributed by atoms with E-state index in [4.69, 9.17) is 0 Å². The number of rotatable bonds is 4. The van der Waals surface area contributed by atoms with Crippen molar-refractivity contribution < 1.29 is 4.79 Å². The molecule has 138 valence electrons. The summed E-state index contributed by atoms with van der Waals surface area (Å²) in [5.74, 6) is 0.737. The first-order valence-corrected chi connectivity index (χ1v) is 9.57. The Morgan fingerprint density at radius 3 is 2.64 bits per heavy atom. The van der Waals surface area contributed by atoms with Gasteiger partial charge in [-0.15, -0.1) is 0 Å². The minimum atomic E-state index is 0.0936. The second-order valence-electron chi connectivity index (χ2n) is 7.67. The van der Waals surface area contributed by atoms with Crippen LogP contribution in [0, 0.1) is 19.8 Å². The number of carbonyl (C=O) groups excluding carboxylic acids is 1. The van der Waals surface area contributed by atoms with E-state index < -0.39 is 0 Å². The molecule has 0 spiro atoms. The van der Waals surface area contributed by atoms with Gasteiger partial charge in [0.2, 0.25) is 5.91 Å². The van der Waals surface area contributed by atoms with E-state index in [2.05, 4.69) is 15.2 Å².